The number of hydrogen-bond acceptors (Lipinski definition) is 4. The molecule has 0 bridgehead atoms. The molecule has 0 spiro atoms. The van der Waals surface area contributed by atoms with Gasteiger partial charge in [0, 0.05) is 18.2 Å². The third-order valence-electron chi connectivity index (χ3n) is 2.93. The van der Waals surface area contributed by atoms with Crippen molar-refractivity contribution in [3.8, 4) is 5.75 Å². The minimum Gasteiger partial charge on any atom is -0.490 e. The summed E-state index contributed by atoms with van der Waals surface area (Å²) in [5, 5.41) is 13.6. The predicted octanol–water partition coefficient (Wildman–Crippen LogP) is 2.53. The first-order valence-corrected chi connectivity index (χ1v) is 6.26. The Morgan fingerprint density at radius 1 is 1.24 bits per heavy atom. The molecule has 0 saturated heterocycles. The Balaban J connectivity index is 2.12. The number of ether oxygens (including phenoxy) is 1. The zero-order valence-corrected chi connectivity index (χ0v) is 11.4. The van der Waals surface area contributed by atoms with E-state index >= 15 is 0 Å². The number of amides is 1. The molecule has 0 atom stereocenters. The monoisotopic (exact) mass is 286 g/mol. The van der Waals surface area contributed by atoms with Crippen molar-refractivity contribution in [2.75, 3.05) is 7.11 Å². The zero-order valence-electron chi connectivity index (χ0n) is 11.4. The van der Waals surface area contributed by atoms with Crippen molar-refractivity contribution in [1.82, 2.24) is 5.32 Å². The number of nitro benzene ring substituents is 1. The highest BCUT2D eigenvalue weighted by Crippen LogP contribution is 2.27. The molecule has 108 valence electrons. The van der Waals surface area contributed by atoms with Crippen molar-refractivity contribution in [2.24, 2.45) is 0 Å². The second-order valence-electron chi connectivity index (χ2n) is 4.31. The third kappa shape index (κ3) is 3.56. The molecule has 0 unspecified atom stereocenters. The van der Waals surface area contributed by atoms with Crippen molar-refractivity contribution in [3.63, 3.8) is 0 Å². The van der Waals surface area contributed by atoms with Crippen LogP contribution in [0.25, 0.3) is 0 Å². The normalized spacial score (nSPS) is 9.95. The Bertz CT molecular complexity index is 656. The van der Waals surface area contributed by atoms with Crippen LogP contribution in [0.2, 0.25) is 0 Å². The van der Waals surface area contributed by atoms with E-state index < -0.39 is 4.92 Å². The first kappa shape index (κ1) is 14.5. The zero-order chi connectivity index (χ0) is 15.2. The van der Waals surface area contributed by atoms with Crippen molar-refractivity contribution in [3.05, 3.63) is 69.8 Å². The van der Waals surface area contributed by atoms with E-state index in [0.717, 1.165) is 5.56 Å². The van der Waals surface area contributed by atoms with E-state index in [2.05, 4.69) is 5.32 Å². The fraction of sp³-hybridized carbons (Fsp3) is 0.133. The third-order valence-corrected chi connectivity index (χ3v) is 2.93. The van der Waals surface area contributed by atoms with Gasteiger partial charge in [-0.15, -0.1) is 0 Å². The predicted molar refractivity (Wildman–Crippen MR) is 77.3 cm³/mol. The van der Waals surface area contributed by atoms with Gasteiger partial charge in [0.2, 0.25) is 0 Å². The molecule has 0 aliphatic heterocycles. The molecule has 0 radical (unpaired) electrons. The van der Waals surface area contributed by atoms with E-state index in [-0.39, 0.29) is 22.9 Å². The summed E-state index contributed by atoms with van der Waals surface area (Å²) in [6.45, 7) is 0.361. The quantitative estimate of drug-likeness (QED) is 0.676. The van der Waals surface area contributed by atoms with Crippen LogP contribution in [0.15, 0.2) is 48.5 Å². The van der Waals surface area contributed by atoms with Gasteiger partial charge >= 0.3 is 5.69 Å². The molecular weight excluding hydrogens is 272 g/mol. The van der Waals surface area contributed by atoms with Gasteiger partial charge in [-0.3, -0.25) is 14.9 Å². The van der Waals surface area contributed by atoms with Gasteiger partial charge in [-0.1, -0.05) is 30.3 Å². The van der Waals surface area contributed by atoms with Crippen molar-refractivity contribution in [1.29, 1.82) is 0 Å². The van der Waals surface area contributed by atoms with E-state index in [9.17, 15) is 14.9 Å². The summed E-state index contributed by atoms with van der Waals surface area (Å²) in [6.07, 6.45) is 0. The molecule has 0 aliphatic carbocycles. The largest absolute Gasteiger partial charge is 0.490 e. The molecule has 2 aromatic carbocycles. The maximum absolute atomic E-state index is 12.0. The minimum atomic E-state index is -0.577. The van der Waals surface area contributed by atoms with Crippen LogP contribution < -0.4 is 10.1 Å². The minimum absolute atomic E-state index is 0.125. The highest BCUT2D eigenvalue weighted by Gasteiger charge is 2.17. The first-order chi connectivity index (χ1) is 10.1. The summed E-state index contributed by atoms with van der Waals surface area (Å²) in [7, 11) is 1.34. The molecule has 0 heterocycles. The summed E-state index contributed by atoms with van der Waals surface area (Å²) < 4.78 is 4.90. The van der Waals surface area contributed by atoms with Gasteiger partial charge in [0.25, 0.3) is 5.91 Å². The summed E-state index contributed by atoms with van der Waals surface area (Å²) in [4.78, 5) is 22.4. The maximum atomic E-state index is 12.0. The first-order valence-electron chi connectivity index (χ1n) is 6.26. The summed E-state index contributed by atoms with van der Waals surface area (Å²) in [5.74, 6) is -0.246. The molecule has 1 N–H and O–H groups in total. The summed E-state index contributed by atoms with van der Waals surface area (Å²) in [6, 6.07) is 13.5. The molecule has 21 heavy (non-hydrogen) atoms. The Morgan fingerprint density at radius 3 is 2.57 bits per heavy atom. The standard InChI is InChI=1S/C15H14N2O4/c1-21-14-8-7-12(9-13(14)17(19)20)15(18)16-10-11-5-3-2-4-6-11/h2-9H,10H2,1H3,(H,16,18). The van der Waals surface area contributed by atoms with Crippen LogP contribution in [-0.4, -0.2) is 17.9 Å². The van der Waals surface area contributed by atoms with Gasteiger partial charge in [-0.2, -0.15) is 0 Å². The van der Waals surface area contributed by atoms with Gasteiger partial charge in [0.05, 0.1) is 12.0 Å². The van der Waals surface area contributed by atoms with Crippen molar-refractivity contribution >= 4 is 11.6 Å². The van der Waals surface area contributed by atoms with E-state index in [1.54, 1.807) is 0 Å². The van der Waals surface area contributed by atoms with Gasteiger partial charge in [-0.25, -0.2) is 0 Å². The number of nitrogens with zero attached hydrogens (tertiary/aromatic N) is 1. The topological polar surface area (TPSA) is 81.5 Å². The molecule has 6 heteroatoms. The molecule has 0 aliphatic rings. The van der Waals surface area contributed by atoms with E-state index in [1.807, 2.05) is 30.3 Å². The van der Waals surface area contributed by atoms with E-state index in [4.69, 9.17) is 4.74 Å². The lowest BCUT2D eigenvalue weighted by Gasteiger charge is -2.07. The lowest BCUT2D eigenvalue weighted by atomic mass is 10.1. The fourth-order valence-corrected chi connectivity index (χ4v) is 1.85. The summed E-state index contributed by atoms with van der Waals surface area (Å²) >= 11 is 0. The average Bonchev–Trinajstić information content (AvgIpc) is 2.52. The number of carbonyl (C=O) groups excluding carboxylic acids is 1. The van der Waals surface area contributed by atoms with Gasteiger partial charge in [0.15, 0.2) is 5.75 Å². The SMILES string of the molecule is COc1ccc(C(=O)NCc2ccccc2)cc1[N+](=O)[O-]. The van der Waals surface area contributed by atoms with Crippen LogP contribution in [0, 0.1) is 10.1 Å². The maximum Gasteiger partial charge on any atom is 0.311 e. The van der Waals surface area contributed by atoms with E-state index in [1.165, 1.54) is 25.3 Å². The van der Waals surface area contributed by atoms with Crippen LogP contribution in [0.5, 0.6) is 5.75 Å². The second-order valence-corrected chi connectivity index (χ2v) is 4.31. The molecule has 0 aromatic heterocycles. The van der Waals surface area contributed by atoms with Gasteiger partial charge in [0.1, 0.15) is 0 Å². The molecule has 0 saturated carbocycles. The highest BCUT2D eigenvalue weighted by atomic mass is 16.6. The molecule has 0 fully saturated rings. The van der Waals surface area contributed by atoms with Gasteiger partial charge < -0.3 is 10.1 Å². The lowest BCUT2D eigenvalue weighted by molar-refractivity contribution is -0.385. The van der Waals surface area contributed by atoms with Gasteiger partial charge in [-0.05, 0) is 17.7 Å². The van der Waals surface area contributed by atoms with Crippen LogP contribution in [0.1, 0.15) is 15.9 Å². The molecule has 2 rings (SSSR count). The average molecular weight is 286 g/mol. The number of benzene rings is 2. The highest BCUT2D eigenvalue weighted by molar-refractivity contribution is 5.95. The Kier molecular flexibility index (Phi) is 4.50. The smallest absolute Gasteiger partial charge is 0.311 e. The fourth-order valence-electron chi connectivity index (χ4n) is 1.85. The Morgan fingerprint density at radius 2 is 1.95 bits per heavy atom. The Hall–Kier alpha value is -2.89. The van der Waals surface area contributed by atoms with Crippen molar-refractivity contribution in [2.45, 2.75) is 6.54 Å². The lowest BCUT2D eigenvalue weighted by Crippen LogP contribution is -2.22. The number of nitrogens with one attached hydrogen (secondary N) is 1. The second kappa shape index (κ2) is 6.51. The van der Waals surface area contributed by atoms with Crippen LogP contribution in [0.4, 0.5) is 5.69 Å². The number of hydrogen-bond donors (Lipinski definition) is 1. The molecule has 1 amide bonds. The molecular formula is C15H14N2O4. The van der Waals surface area contributed by atoms with Crippen LogP contribution >= 0.6 is 0 Å². The van der Waals surface area contributed by atoms with Crippen LogP contribution in [-0.2, 0) is 6.54 Å². The number of nitro groups is 1. The molecule has 2 aromatic rings. The number of carbonyl (C=O) groups is 1. The van der Waals surface area contributed by atoms with Crippen LogP contribution in [0.3, 0.4) is 0 Å². The molecule has 6 nitrogen and oxygen atoms in total. The summed E-state index contributed by atoms with van der Waals surface area (Å²) in [5.41, 5.74) is 0.942. The Labute approximate surface area is 121 Å². The number of rotatable bonds is 5. The van der Waals surface area contributed by atoms with E-state index in [0.29, 0.717) is 6.54 Å². The number of methoxy groups -OCH3 is 1. The van der Waals surface area contributed by atoms with Crippen molar-refractivity contribution < 1.29 is 14.5 Å².